The number of hydrogen-bond acceptors (Lipinski definition) is 8. The number of aromatic nitrogens is 4. The summed E-state index contributed by atoms with van der Waals surface area (Å²) in [6, 6.07) is 3.50. The van der Waals surface area contributed by atoms with Crippen LogP contribution in [-0.2, 0) is 16.0 Å². The summed E-state index contributed by atoms with van der Waals surface area (Å²) in [5.41, 5.74) is 2.22. The zero-order chi connectivity index (χ0) is 18.0. The van der Waals surface area contributed by atoms with Crippen molar-refractivity contribution in [2.45, 2.75) is 25.4 Å². The third kappa shape index (κ3) is 3.72. The number of thiophene rings is 1. The number of esters is 1. The van der Waals surface area contributed by atoms with Crippen molar-refractivity contribution in [3.63, 3.8) is 0 Å². The largest absolute Gasteiger partial charge is 0.457 e. The number of Topliss-reactive ketones (excluding diaryl/α,β-unsaturated/α-hetero) is 1. The lowest BCUT2D eigenvalue weighted by Crippen LogP contribution is -2.17. The van der Waals surface area contributed by atoms with E-state index in [4.69, 9.17) is 4.74 Å². The maximum absolute atomic E-state index is 12.1. The monoisotopic (exact) mass is 376 g/mol. The second-order valence-electron chi connectivity index (χ2n) is 5.31. The van der Waals surface area contributed by atoms with Crippen molar-refractivity contribution in [3.8, 4) is 0 Å². The van der Waals surface area contributed by atoms with Gasteiger partial charge in [-0.3, -0.25) is 9.59 Å². The Labute approximate surface area is 152 Å². The van der Waals surface area contributed by atoms with Gasteiger partial charge in [0, 0.05) is 17.0 Å². The molecule has 0 aliphatic heterocycles. The standard InChI is InChI=1S/C16H16N4O3S2/c1-9-11(10(2)20-15(17-9)18-16(19-20)24-3)7-14(22)23-8-12(21)13-5-4-6-25-13/h4-6H,7-8H2,1-3H3. The van der Waals surface area contributed by atoms with Gasteiger partial charge < -0.3 is 4.74 Å². The molecule has 3 rings (SSSR count). The lowest BCUT2D eigenvalue weighted by atomic mass is 10.1. The first-order chi connectivity index (χ1) is 12.0. The number of hydrogen-bond donors (Lipinski definition) is 0. The molecule has 3 heterocycles. The number of nitrogens with zero attached hydrogens (tertiary/aromatic N) is 4. The summed E-state index contributed by atoms with van der Waals surface area (Å²) in [4.78, 5) is 33.3. The number of ketones is 1. The van der Waals surface area contributed by atoms with Crippen molar-refractivity contribution < 1.29 is 14.3 Å². The molecule has 0 N–H and O–H groups in total. The predicted molar refractivity (Wildman–Crippen MR) is 95.3 cm³/mol. The first kappa shape index (κ1) is 17.6. The molecule has 0 spiro atoms. The van der Waals surface area contributed by atoms with Crippen LogP contribution < -0.4 is 0 Å². The van der Waals surface area contributed by atoms with Crippen LogP contribution in [0.4, 0.5) is 0 Å². The lowest BCUT2D eigenvalue weighted by molar-refractivity contribution is -0.141. The minimum absolute atomic E-state index is 0.0345. The summed E-state index contributed by atoms with van der Waals surface area (Å²) in [5.74, 6) is -0.168. The molecule has 9 heteroatoms. The molecule has 0 radical (unpaired) electrons. The molecule has 3 aromatic rings. The van der Waals surface area contributed by atoms with Gasteiger partial charge in [0.2, 0.25) is 10.9 Å². The predicted octanol–water partition coefficient (Wildman–Crippen LogP) is 2.49. The fraction of sp³-hybridized carbons (Fsp3) is 0.312. The van der Waals surface area contributed by atoms with Gasteiger partial charge in [0.05, 0.1) is 11.3 Å². The van der Waals surface area contributed by atoms with E-state index in [0.717, 1.165) is 11.3 Å². The minimum Gasteiger partial charge on any atom is -0.457 e. The molecular formula is C16H16N4O3S2. The van der Waals surface area contributed by atoms with E-state index < -0.39 is 5.97 Å². The highest BCUT2D eigenvalue weighted by atomic mass is 32.2. The third-order valence-electron chi connectivity index (χ3n) is 3.69. The Morgan fingerprint density at radius 1 is 1.32 bits per heavy atom. The summed E-state index contributed by atoms with van der Waals surface area (Å²) in [7, 11) is 0. The highest BCUT2D eigenvalue weighted by Gasteiger charge is 2.17. The number of carbonyl (C=O) groups excluding carboxylic acids is 2. The van der Waals surface area contributed by atoms with Crippen LogP contribution in [0.5, 0.6) is 0 Å². The SMILES string of the molecule is CSc1nc2nc(C)c(CC(=O)OCC(=O)c3cccs3)c(C)n2n1. The van der Waals surface area contributed by atoms with E-state index in [1.807, 2.05) is 25.5 Å². The number of thioether (sulfide) groups is 1. The number of fused-ring (bicyclic) bond motifs is 1. The molecule has 0 amide bonds. The summed E-state index contributed by atoms with van der Waals surface area (Å²) in [6.07, 6.45) is 1.92. The Kier molecular flexibility index (Phi) is 5.14. The molecule has 0 saturated carbocycles. The van der Waals surface area contributed by atoms with Gasteiger partial charge in [-0.15, -0.1) is 16.4 Å². The van der Waals surface area contributed by atoms with Crippen LogP contribution in [0.25, 0.3) is 5.78 Å². The fourth-order valence-corrected chi connectivity index (χ4v) is 3.37. The molecule has 0 bridgehead atoms. The topological polar surface area (TPSA) is 86.5 Å². The van der Waals surface area contributed by atoms with Gasteiger partial charge in [-0.1, -0.05) is 17.8 Å². The third-order valence-corrected chi connectivity index (χ3v) is 5.14. The molecule has 0 aliphatic rings. The summed E-state index contributed by atoms with van der Waals surface area (Å²) in [6.45, 7) is 3.42. The maximum Gasteiger partial charge on any atom is 0.310 e. The van der Waals surface area contributed by atoms with E-state index in [0.29, 0.717) is 21.5 Å². The molecular weight excluding hydrogens is 360 g/mol. The van der Waals surface area contributed by atoms with Gasteiger partial charge in [-0.2, -0.15) is 4.98 Å². The van der Waals surface area contributed by atoms with Gasteiger partial charge in [-0.25, -0.2) is 9.50 Å². The van der Waals surface area contributed by atoms with Crippen molar-refractivity contribution in [2.24, 2.45) is 0 Å². The van der Waals surface area contributed by atoms with E-state index in [1.165, 1.54) is 23.1 Å². The molecule has 7 nitrogen and oxygen atoms in total. The molecule has 0 fully saturated rings. The lowest BCUT2D eigenvalue weighted by Gasteiger charge is -2.10. The Bertz CT molecular complexity index is 935. The van der Waals surface area contributed by atoms with Crippen LogP contribution >= 0.6 is 23.1 Å². The number of aryl methyl sites for hydroxylation is 2. The number of carbonyl (C=O) groups is 2. The number of ether oxygens (including phenoxy) is 1. The van der Waals surface area contributed by atoms with Crippen LogP contribution in [0.15, 0.2) is 22.7 Å². The van der Waals surface area contributed by atoms with Crippen LogP contribution in [0, 0.1) is 13.8 Å². The van der Waals surface area contributed by atoms with Crippen molar-refractivity contribution in [1.29, 1.82) is 0 Å². The van der Waals surface area contributed by atoms with E-state index in [9.17, 15) is 9.59 Å². The van der Waals surface area contributed by atoms with Crippen molar-refractivity contribution in [1.82, 2.24) is 19.6 Å². The summed E-state index contributed by atoms with van der Waals surface area (Å²) >= 11 is 2.75. The first-order valence-electron chi connectivity index (χ1n) is 7.48. The Morgan fingerprint density at radius 3 is 2.80 bits per heavy atom. The normalized spacial score (nSPS) is 11.0. The van der Waals surface area contributed by atoms with E-state index in [-0.39, 0.29) is 18.8 Å². The molecule has 0 atom stereocenters. The van der Waals surface area contributed by atoms with Gasteiger partial charge >= 0.3 is 5.97 Å². The molecule has 130 valence electrons. The summed E-state index contributed by atoms with van der Waals surface area (Å²) < 4.78 is 6.74. The smallest absolute Gasteiger partial charge is 0.310 e. The summed E-state index contributed by atoms with van der Waals surface area (Å²) in [5, 5.41) is 6.78. The van der Waals surface area contributed by atoms with E-state index >= 15 is 0 Å². The first-order valence-corrected chi connectivity index (χ1v) is 9.59. The molecule has 0 saturated heterocycles. The van der Waals surface area contributed by atoms with Crippen molar-refractivity contribution >= 4 is 40.6 Å². The quantitative estimate of drug-likeness (QED) is 0.371. The fourth-order valence-electron chi connectivity index (χ4n) is 2.38. The van der Waals surface area contributed by atoms with Crippen LogP contribution in [0.2, 0.25) is 0 Å². The Balaban J connectivity index is 1.73. The maximum atomic E-state index is 12.1. The molecule has 0 aliphatic carbocycles. The van der Waals surface area contributed by atoms with Crippen LogP contribution in [-0.4, -0.2) is 44.2 Å². The van der Waals surface area contributed by atoms with Crippen LogP contribution in [0.1, 0.15) is 26.6 Å². The zero-order valence-electron chi connectivity index (χ0n) is 14.0. The average molecular weight is 376 g/mol. The van der Waals surface area contributed by atoms with Crippen LogP contribution in [0.3, 0.4) is 0 Å². The Morgan fingerprint density at radius 2 is 2.12 bits per heavy atom. The Hall–Kier alpha value is -2.26. The molecule has 0 aromatic carbocycles. The second-order valence-corrected chi connectivity index (χ2v) is 7.03. The highest BCUT2D eigenvalue weighted by molar-refractivity contribution is 7.98. The van der Waals surface area contributed by atoms with Crippen molar-refractivity contribution in [3.05, 3.63) is 39.3 Å². The minimum atomic E-state index is -0.470. The van der Waals surface area contributed by atoms with Gasteiger partial charge in [0.25, 0.3) is 5.78 Å². The van der Waals surface area contributed by atoms with Gasteiger partial charge in [-0.05, 0) is 31.5 Å². The zero-order valence-corrected chi connectivity index (χ0v) is 15.6. The van der Waals surface area contributed by atoms with Crippen molar-refractivity contribution in [2.75, 3.05) is 12.9 Å². The second kappa shape index (κ2) is 7.32. The molecule has 25 heavy (non-hydrogen) atoms. The number of rotatable bonds is 6. The van der Waals surface area contributed by atoms with Gasteiger partial charge in [0.1, 0.15) is 0 Å². The van der Waals surface area contributed by atoms with E-state index in [2.05, 4.69) is 15.1 Å². The van der Waals surface area contributed by atoms with Gasteiger partial charge in [0.15, 0.2) is 6.61 Å². The average Bonchev–Trinajstić information content (AvgIpc) is 3.25. The molecule has 3 aromatic heterocycles. The van der Waals surface area contributed by atoms with E-state index in [1.54, 1.807) is 16.6 Å². The molecule has 0 unspecified atom stereocenters. The highest BCUT2D eigenvalue weighted by Crippen LogP contribution is 2.17.